The third-order valence-electron chi connectivity index (χ3n) is 5.21. The van der Waals surface area contributed by atoms with Crippen LogP contribution in [0.2, 0.25) is 0 Å². The molecule has 5 rings (SSSR count). The average Bonchev–Trinajstić information content (AvgIpc) is 3.23. The molecule has 3 aromatic heterocycles. The molecule has 1 aliphatic heterocycles. The van der Waals surface area contributed by atoms with Crippen LogP contribution in [0.1, 0.15) is 17.9 Å². The van der Waals surface area contributed by atoms with Gasteiger partial charge in [0.2, 0.25) is 0 Å². The van der Waals surface area contributed by atoms with Gasteiger partial charge in [-0.05, 0) is 12.1 Å². The zero-order valence-electron chi connectivity index (χ0n) is 15.9. The minimum absolute atomic E-state index is 0.0816. The highest BCUT2D eigenvalue weighted by Gasteiger charge is 2.23. The van der Waals surface area contributed by atoms with Gasteiger partial charge >= 0.3 is 0 Å². The second-order valence-corrected chi connectivity index (χ2v) is 8.00. The molecule has 7 nitrogen and oxygen atoms in total. The molecule has 0 amide bonds. The Morgan fingerprint density at radius 2 is 1.87 bits per heavy atom. The second kappa shape index (κ2) is 7.69. The van der Waals surface area contributed by atoms with Crippen LogP contribution in [0.4, 0.5) is 14.6 Å². The van der Waals surface area contributed by atoms with Crippen molar-refractivity contribution in [1.82, 2.24) is 24.3 Å². The number of aromatic nitrogens is 4. The molecule has 0 radical (unpaired) electrons. The second-order valence-electron chi connectivity index (χ2n) is 7.13. The summed E-state index contributed by atoms with van der Waals surface area (Å²) in [5.41, 5.74) is 1.18. The number of hydrogen-bond acceptors (Lipinski definition) is 7. The zero-order valence-corrected chi connectivity index (χ0v) is 16.7. The Morgan fingerprint density at radius 3 is 2.67 bits per heavy atom. The quantitative estimate of drug-likeness (QED) is 0.498. The van der Waals surface area contributed by atoms with Gasteiger partial charge in [-0.1, -0.05) is 12.1 Å². The van der Waals surface area contributed by atoms with E-state index in [4.69, 9.17) is 0 Å². The number of alkyl halides is 2. The number of nitrogens with zero attached hydrogens (tertiary/aromatic N) is 6. The molecule has 0 atom stereocenters. The smallest absolute Gasteiger partial charge is 0.297 e. The number of hydrogen-bond donors (Lipinski definition) is 0. The van der Waals surface area contributed by atoms with Crippen LogP contribution in [0.5, 0.6) is 0 Å². The summed E-state index contributed by atoms with van der Waals surface area (Å²) in [4.78, 5) is 29.8. The van der Waals surface area contributed by atoms with Gasteiger partial charge in [-0.25, -0.2) is 23.7 Å². The molecule has 154 valence electrons. The van der Waals surface area contributed by atoms with Gasteiger partial charge in [-0.3, -0.25) is 14.1 Å². The van der Waals surface area contributed by atoms with Crippen LogP contribution in [-0.2, 0) is 6.54 Å². The zero-order chi connectivity index (χ0) is 20.7. The number of benzene rings is 1. The molecule has 1 fully saturated rings. The van der Waals surface area contributed by atoms with E-state index in [1.807, 2.05) is 22.4 Å². The van der Waals surface area contributed by atoms with Crippen LogP contribution in [0, 0.1) is 0 Å². The van der Waals surface area contributed by atoms with Crippen molar-refractivity contribution in [3.63, 3.8) is 0 Å². The molecule has 0 bridgehead atoms. The third-order valence-corrected chi connectivity index (χ3v) is 5.97. The fourth-order valence-electron chi connectivity index (χ4n) is 3.73. The topological polar surface area (TPSA) is 66.6 Å². The van der Waals surface area contributed by atoms with Crippen LogP contribution >= 0.6 is 11.3 Å². The van der Waals surface area contributed by atoms with Gasteiger partial charge in [0.25, 0.3) is 12.0 Å². The third kappa shape index (κ3) is 3.52. The predicted molar refractivity (Wildman–Crippen MR) is 111 cm³/mol. The fraction of sp³-hybridized carbons (Fsp3) is 0.300. The lowest BCUT2D eigenvalue weighted by Crippen LogP contribution is -2.46. The maximum Gasteiger partial charge on any atom is 0.297 e. The molecule has 4 aromatic rings. The SMILES string of the molecule is O=c1cc(CN2CCN(c3nc(C(F)F)nc4ccccc34)CC2)nc2sccn12. The molecule has 1 saturated heterocycles. The van der Waals surface area contributed by atoms with Gasteiger partial charge in [-0.15, -0.1) is 11.3 Å². The molecule has 0 spiro atoms. The van der Waals surface area contributed by atoms with E-state index in [0.717, 1.165) is 11.1 Å². The first-order valence-corrected chi connectivity index (χ1v) is 10.4. The van der Waals surface area contributed by atoms with Gasteiger partial charge < -0.3 is 4.90 Å². The van der Waals surface area contributed by atoms with Crippen LogP contribution in [0.25, 0.3) is 15.9 Å². The van der Waals surface area contributed by atoms with Crippen molar-refractivity contribution in [1.29, 1.82) is 0 Å². The van der Waals surface area contributed by atoms with E-state index in [0.29, 0.717) is 49.0 Å². The Kier molecular flexibility index (Phi) is 4.87. The molecule has 0 aliphatic carbocycles. The summed E-state index contributed by atoms with van der Waals surface area (Å²) in [5, 5.41) is 2.61. The Morgan fingerprint density at radius 1 is 1.07 bits per heavy atom. The minimum atomic E-state index is -2.72. The Balaban J connectivity index is 1.35. The number of para-hydroxylation sites is 1. The first-order chi connectivity index (χ1) is 14.6. The first kappa shape index (κ1) is 19.0. The number of halogens is 2. The summed E-state index contributed by atoms with van der Waals surface area (Å²) >= 11 is 1.43. The first-order valence-electron chi connectivity index (χ1n) is 9.56. The molecule has 0 N–H and O–H groups in total. The molecule has 30 heavy (non-hydrogen) atoms. The Hall–Kier alpha value is -2.98. The van der Waals surface area contributed by atoms with Crippen molar-refractivity contribution in [3.05, 3.63) is 63.8 Å². The number of rotatable bonds is 4. The summed E-state index contributed by atoms with van der Waals surface area (Å²) in [7, 11) is 0. The molecule has 0 unspecified atom stereocenters. The molecular formula is C20H18F2N6OS. The molecule has 1 aliphatic rings. The maximum absolute atomic E-state index is 13.3. The summed E-state index contributed by atoms with van der Waals surface area (Å²) in [6.45, 7) is 3.29. The summed E-state index contributed by atoms with van der Waals surface area (Å²) < 4.78 is 28.1. The largest absolute Gasteiger partial charge is 0.353 e. The molecular weight excluding hydrogens is 410 g/mol. The van der Waals surface area contributed by atoms with Gasteiger partial charge in [0.05, 0.1) is 11.2 Å². The van der Waals surface area contributed by atoms with Crippen molar-refractivity contribution in [2.45, 2.75) is 13.0 Å². The summed E-state index contributed by atoms with van der Waals surface area (Å²) in [6.07, 6.45) is -0.996. The highest BCUT2D eigenvalue weighted by Crippen LogP contribution is 2.28. The Labute approximate surface area is 174 Å². The number of piperazine rings is 1. The van der Waals surface area contributed by atoms with Crippen LogP contribution < -0.4 is 10.5 Å². The normalized spacial score (nSPS) is 15.5. The minimum Gasteiger partial charge on any atom is -0.353 e. The van der Waals surface area contributed by atoms with Crippen LogP contribution in [0.15, 0.2) is 46.7 Å². The standard InChI is InChI=1S/C20H18F2N6OS/c21-17(22)18-24-15-4-2-1-3-14(15)19(25-18)27-7-5-26(6-8-27)12-13-11-16(29)28-9-10-30-20(28)23-13/h1-4,9-11,17H,5-8,12H2. The summed E-state index contributed by atoms with van der Waals surface area (Å²) in [6, 6.07) is 8.80. The van der Waals surface area contributed by atoms with E-state index in [1.54, 1.807) is 24.4 Å². The molecule has 4 heterocycles. The van der Waals surface area contributed by atoms with Crippen molar-refractivity contribution in [2.75, 3.05) is 31.1 Å². The van der Waals surface area contributed by atoms with E-state index in [-0.39, 0.29) is 5.56 Å². The fourth-order valence-corrected chi connectivity index (χ4v) is 4.47. The molecule has 1 aromatic carbocycles. The highest BCUT2D eigenvalue weighted by atomic mass is 32.1. The van der Waals surface area contributed by atoms with Gasteiger partial charge in [0.15, 0.2) is 10.8 Å². The van der Waals surface area contributed by atoms with Crippen molar-refractivity contribution >= 4 is 33.0 Å². The van der Waals surface area contributed by atoms with Crippen molar-refractivity contribution in [2.24, 2.45) is 0 Å². The molecule has 0 saturated carbocycles. The molecule has 10 heteroatoms. The number of anilines is 1. The van der Waals surface area contributed by atoms with Crippen LogP contribution in [0.3, 0.4) is 0 Å². The van der Waals surface area contributed by atoms with Gasteiger partial charge in [0.1, 0.15) is 5.82 Å². The van der Waals surface area contributed by atoms with Crippen LogP contribution in [-0.4, -0.2) is 50.4 Å². The average molecular weight is 428 g/mol. The number of fused-ring (bicyclic) bond motifs is 2. The summed E-state index contributed by atoms with van der Waals surface area (Å²) in [5.74, 6) is 0.104. The lowest BCUT2D eigenvalue weighted by molar-refractivity contribution is 0.141. The van der Waals surface area contributed by atoms with E-state index in [2.05, 4.69) is 19.9 Å². The lowest BCUT2D eigenvalue weighted by atomic mass is 10.2. The van der Waals surface area contributed by atoms with E-state index >= 15 is 0 Å². The maximum atomic E-state index is 13.3. The highest BCUT2D eigenvalue weighted by molar-refractivity contribution is 7.15. The van der Waals surface area contributed by atoms with Gasteiger partial charge in [0, 0.05) is 55.8 Å². The monoisotopic (exact) mass is 428 g/mol. The Bertz CT molecular complexity index is 1270. The van der Waals surface area contributed by atoms with E-state index in [1.165, 1.54) is 15.7 Å². The lowest BCUT2D eigenvalue weighted by Gasteiger charge is -2.35. The van der Waals surface area contributed by atoms with E-state index in [9.17, 15) is 13.6 Å². The van der Waals surface area contributed by atoms with Crippen molar-refractivity contribution in [3.8, 4) is 0 Å². The van der Waals surface area contributed by atoms with E-state index < -0.39 is 12.2 Å². The number of thiazole rings is 1. The predicted octanol–water partition coefficient (Wildman–Crippen LogP) is 2.96. The van der Waals surface area contributed by atoms with Crippen molar-refractivity contribution < 1.29 is 8.78 Å². The van der Waals surface area contributed by atoms with Gasteiger partial charge in [-0.2, -0.15) is 0 Å².